The normalized spacial score (nSPS) is 22.9. The predicted octanol–water partition coefficient (Wildman–Crippen LogP) is 3.66. The number of hydrogen-bond acceptors (Lipinski definition) is 11. The number of likely N-dealkylation sites (tertiary alicyclic amines) is 1. The molecular formula is C31H31F2N7O3S. The lowest BCUT2D eigenvalue weighted by Crippen LogP contribution is -2.68. The molecule has 228 valence electrons. The highest BCUT2D eigenvalue weighted by atomic mass is 32.1. The third-order valence-electron chi connectivity index (χ3n) is 9.58. The Morgan fingerprint density at radius 2 is 1.98 bits per heavy atom. The minimum atomic E-state index is -0.704. The van der Waals surface area contributed by atoms with Gasteiger partial charge in [0.2, 0.25) is 0 Å². The summed E-state index contributed by atoms with van der Waals surface area (Å²) in [7, 11) is 0. The molecule has 4 N–H and O–H groups in total. The highest BCUT2D eigenvalue weighted by Crippen LogP contribution is 2.49. The molecule has 2 aromatic heterocycles. The molecule has 44 heavy (non-hydrogen) atoms. The molecule has 10 nitrogen and oxygen atoms in total. The lowest BCUT2D eigenvalue weighted by Gasteiger charge is -2.54. The lowest BCUT2D eigenvalue weighted by atomic mass is 9.86. The van der Waals surface area contributed by atoms with Gasteiger partial charge in [-0.2, -0.15) is 15.2 Å². The molecule has 2 bridgehead atoms. The summed E-state index contributed by atoms with van der Waals surface area (Å²) in [6.07, 6.45) is 2.93. The van der Waals surface area contributed by atoms with Crippen molar-refractivity contribution in [1.82, 2.24) is 20.2 Å². The maximum absolute atomic E-state index is 17.2. The van der Waals surface area contributed by atoms with Crippen LogP contribution in [-0.4, -0.2) is 77.5 Å². The third kappa shape index (κ3) is 4.16. The molecule has 2 unspecified atom stereocenters. The second-order valence-corrected chi connectivity index (χ2v) is 13.0. The fourth-order valence-electron chi connectivity index (χ4n) is 7.55. The number of aliphatic hydroxyl groups is 1. The van der Waals surface area contributed by atoms with Gasteiger partial charge < -0.3 is 30.5 Å². The van der Waals surface area contributed by atoms with Gasteiger partial charge in [0.05, 0.1) is 30.8 Å². The van der Waals surface area contributed by atoms with E-state index in [-0.39, 0.29) is 71.2 Å². The number of thiophene rings is 1. The zero-order valence-electron chi connectivity index (χ0n) is 23.9. The van der Waals surface area contributed by atoms with Crippen molar-refractivity contribution in [1.29, 1.82) is 5.26 Å². The number of nitriles is 1. The van der Waals surface area contributed by atoms with E-state index in [0.29, 0.717) is 40.0 Å². The van der Waals surface area contributed by atoms with Crippen molar-refractivity contribution < 1.29 is 23.4 Å². The number of benzene rings is 2. The number of aromatic nitrogens is 2. The van der Waals surface area contributed by atoms with Crippen LogP contribution in [0.25, 0.3) is 32.1 Å². The number of piperidine rings is 1. The number of β-amino-alcohol motifs (C(OH)–C–C–N with tert-alkyl or cyclic N) is 1. The molecule has 4 aliphatic heterocycles. The third-order valence-corrected chi connectivity index (χ3v) is 10.6. The van der Waals surface area contributed by atoms with E-state index in [4.69, 9.17) is 20.2 Å². The minimum absolute atomic E-state index is 0.00796. The molecule has 0 amide bonds. The Labute approximate surface area is 256 Å². The maximum atomic E-state index is 17.2. The number of rotatable bonds is 7. The summed E-state index contributed by atoms with van der Waals surface area (Å²) in [4.78, 5) is 13.9. The molecule has 0 aliphatic carbocycles. The number of nitrogens with one attached hydrogen (secondary N) is 1. The molecule has 8 rings (SSSR count). The number of piperazine rings is 1. The first-order valence-electron chi connectivity index (χ1n) is 15.0. The molecule has 6 heterocycles. The molecule has 4 aromatic rings. The Morgan fingerprint density at radius 1 is 1.16 bits per heavy atom. The summed E-state index contributed by atoms with van der Waals surface area (Å²) < 4.78 is 45.7. The number of anilines is 2. The van der Waals surface area contributed by atoms with Gasteiger partial charge in [-0.25, -0.2) is 8.78 Å². The van der Waals surface area contributed by atoms with Crippen LogP contribution in [0.1, 0.15) is 36.0 Å². The van der Waals surface area contributed by atoms with Crippen LogP contribution < -0.4 is 20.7 Å². The highest BCUT2D eigenvalue weighted by Gasteiger charge is 2.44. The van der Waals surface area contributed by atoms with E-state index in [0.717, 1.165) is 44.5 Å². The van der Waals surface area contributed by atoms with Gasteiger partial charge in [-0.1, -0.05) is 0 Å². The smallest absolute Gasteiger partial charge is 0.319 e. The van der Waals surface area contributed by atoms with Crippen LogP contribution in [0.3, 0.4) is 0 Å². The van der Waals surface area contributed by atoms with Gasteiger partial charge >= 0.3 is 6.01 Å². The first-order valence-corrected chi connectivity index (χ1v) is 15.8. The number of halogens is 2. The Morgan fingerprint density at radius 3 is 2.75 bits per heavy atom. The number of nitrogen functional groups attached to an aromatic ring is 1. The van der Waals surface area contributed by atoms with Gasteiger partial charge in [-0.15, -0.1) is 11.3 Å². The Kier molecular flexibility index (Phi) is 6.80. The van der Waals surface area contributed by atoms with E-state index in [1.54, 1.807) is 6.07 Å². The number of ether oxygens (including phenoxy) is 2. The summed E-state index contributed by atoms with van der Waals surface area (Å²) >= 11 is 1.17. The predicted molar refractivity (Wildman–Crippen MR) is 163 cm³/mol. The molecule has 0 radical (unpaired) electrons. The molecule has 2 aromatic carbocycles. The number of nitrogens with zero attached hydrogens (tertiary/aromatic N) is 5. The van der Waals surface area contributed by atoms with Gasteiger partial charge in [0.15, 0.2) is 5.82 Å². The van der Waals surface area contributed by atoms with E-state index in [2.05, 4.69) is 26.2 Å². The number of aliphatic hydroxyl groups excluding tert-OH is 1. The van der Waals surface area contributed by atoms with E-state index >= 15 is 8.78 Å². The number of hydrogen-bond donors (Lipinski definition) is 3. The van der Waals surface area contributed by atoms with Gasteiger partial charge in [-0.05, 0) is 49.1 Å². The van der Waals surface area contributed by atoms with Gasteiger partial charge in [0.1, 0.15) is 34.8 Å². The van der Waals surface area contributed by atoms with Crippen molar-refractivity contribution in [3.63, 3.8) is 0 Å². The van der Waals surface area contributed by atoms with Crippen LogP contribution in [-0.2, 0) is 18.0 Å². The summed E-state index contributed by atoms with van der Waals surface area (Å²) in [5.74, 6) is -0.752. The molecule has 13 heteroatoms. The lowest BCUT2D eigenvalue weighted by molar-refractivity contribution is 0.135. The standard InChI is InChI=1S/C31H31F2N7O3S/c32-21-3-4-22-23(18(9-34)29(35)44-22)26(21)24-19-13-42-14-20(19)25-28(27(24)33)37-31(43-12-15-2-1-5-39(15)6-7-41)38-30(25)40-16-8-17(40)11-36-10-16/h3-4,15-17,36,41H,1-2,5-8,10-14,35H2/t15-,16?,17?/m0/s1. The highest BCUT2D eigenvalue weighted by molar-refractivity contribution is 7.23. The second-order valence-electron chi connectivity index (χ2n) is 11.9. The van der Waals surface area contributed by atoms with E-state index in [1.807, 2.05) is 0 Å². The summed E-state index contributed by atoms with van der Waals surface area (Å²) in [6, 6.07) is 5.50. The molecule has 3 saturated heterocycles. The van der Waals surface area contributed by atoms with E-state index in [1.165, 1.54) is 17.4 Å². The molecule has 3 fully saturated rings. The van der Waals surface area contributed by atoms with E-state index in [9.17, 15) is 10.4 Å². The van der Waals surface area contributed by atoms with Gasteiger partial charge in [0, 0.05) is 59.0 Å². The average Bonchev–Trinajstić information content (AvgIpc) is 3.76. The monoisotopic (exact) mass is 619 g/mol. The average molecular weight is 620 g/mol. The van der Waals surface area contributed by atoms with Crippen molar-refractivity contribution in [3.05, 3.63) is 40.5 Å². The maximum Gasteiger partial charge on any atom is 0.319 e. The van der Waals surface area contributed by atoms with Crippen LogP contribution >= 0.6 is 11.3 Å². The Hall–Kier alpha value is -3.67. The van der Waals surface area contributed by atoms with Crippen LogP contribution in [0.5, 0.6) is 6.01 Å². The summed E-state index contributed by atoms with van der Waals surface area (Å²) in [5, 5.41) is 23.9. The van der Waals surface area contributed by atoms with Crippen LogP contribution in [0.15, 0.2) is 12.1 Å². The van der Waals surface area contributed by atoms with Crippen molar-refractivity contribution in [2.24, 2.45) is 0 Å². The minimum Gasteiger partial charge on any atom is -0.462 e. The summed E-state index contributed by atoms with van der Waals surface area (Å²) in [5.41, 5.74) is 7.59. The SMILES string of the molecule is N#Cc1c(N)sc2ccc(F)c(-c3c4c(c5c(N6C7CNCC6C7)nc(OC[C@@H]6CCCN6CCO)nc5c3F)COC4)c12. The first kappa shape index (κ1) is 27.8. The van der Waals surface area contributed by atoms with Crippen LogP contribution in [0.2, 0.25) is 0 Å². The van der Waals surface area contributed by atoms with E-state index < -0.39 is 11.6 Å². The zero-order chi connectivity index (χ0) is 30.1. The Bertz CT molecular complexity index is 1850. The van der Waals surface area contributed by atoms with Crippen LogP contribution in [0.4, 0.5) is 19.6 Å². The number of nitrogens with two attached hydrogens (primary N) is 1. The second kappa shape index (κ2) is 10.7. The van der Waals surface area contributed by atoms with Crippen molar-refractivity contribution in [3.8, 4) is 23.2 Å². The van der Waals surface area contributed by atoms with Crippen molar-refractivity contribution in [2.45, 2.75) is 50.6 Å². The topological polar surface area (TPSA) is 133 Å². The quantitative estimate of drug-likeness (QED) is 0.282. The van der Waals surface area contributed by atoms with Crippen molar-refractivity contribution >= 4 is 43.1 Å². The molecule has 0 saturated carbocycles. The fraction of sp³-hybridized carbons (Fsp3) is 0.452. The van der Waals surface area contributed by atoms with Gasteiger partial charge in [-0.3, -0.25) is 4.90 Å². The molecule has 0 spiro atoms. The fourth-order valence-corrected chi connectivity index (χ4v) is 8.48. The zero-order valence-corrected chi connectivity index (χ0v) is 24.7. The van der Waals surface area contributed by atoms with Crippen LogP contribution in [0, 0.1) is 23.0 Å². The van der Waals surface area contributed by atoms with Crippen molar-refractivity contribution in [2.75, 3.05) is 50.0 Å². The number of fused-ring (bicyclic) bond motifs is 6. The molecular weight excluding hydrogens is 588 g/mol. The summed E-state index contributed by atoms with van der Waals surface area (Å²) in [6.45, 7) is 3.66. The first-order chi connectivity index (χ1) is 21.5. The Balaban J connectivity index is 1.34. The van der Waals surface area contributed by atoms with Gasteiger partial charge in [0.25, 0.3) is 0 Å². The molecule has 4 aliphatic rings. The molecule has 3 atom stereocenters. The largest absolute Gasteiger partial charge is 0.462 e.